The Morgan fingerprint density at radius 1 is 0.943 bits per heavy atom. The number of methoxy groups -OCH3 is 1. The molecule has 9 heteroatoms. The van der Waals surface area contributed by atoms with Gasteiger partial charge < -0.3 is 15.4 Å². The molecule has 0 aliphatic carbocycles. The lowest BCUT2D eigenvalue weighted by Gasteiger charge is -2.15. The number of nitrogens with one attached hydrogen (secondary N) is 2. The smallest absolute Gasteiger partial charge is 0.253 e. The molecule has 2 amide bonds. The maximum absolute atomic E-state index is 12.7. The number of hydrogen-bond donors (Lipinski definition) is 2. The van der Waals surface area contributed by atoms with Crippen molar-refractivity contribution in [1.29, 1.82) is 0 Å². The fraction of sp³-hybridized carbons (Fsp3) is 0.231. The highest BCUT2D eigenvalue weighted by molar-refractivity contribution is 7.89. The average molecular weight is 496 g/mol. The molecule has 0 saturated heterocycles. The molecular formula is C26H29N3O5S. The predicted molar refractivity (Wildman–Crippen MR) is 135 cm³/mol. The van der Waals surface area contributed by atoms with Crippen LogP contribution >= 0.6 is 0 Å². The molecule has 0 radical (unpaired) electrons. The van der Waals surface area contributed by atoms with E-state index in [1.54, 1.807) is 30.3 Å². The lowest BCUT2D eigenvalue weighted by molar-refractivity contribution is -0.116. The number of amides is 2. The second-order valence-electron chi connectivity index (χ2n) is 8.02. The van der Waals surface area contributed by atoms with Crippen LogP contribution in [0, 0.1) is 0 Å². The molecule has 3 aromatic rings. The summed E-state index contributed by atoms with van der Waals surface area (Å²) in [6.07, 6.45) is 0.329. The number of para-hydroxylation sites is 1. The van der Waals surface area contributed by atoms with Crippen LogP contribution in [0.2, 0.25) is 0 Å². The first-order valence-corrected chi connectivity index (χ1v) is 12.5. The van der Waals surface area contributed by atoms with Crippen molar-refractivity contribution in [3.8, 4) is 5.75 Å². The van der Waals surface area contributed by atoms with Gasteiger partial charge in [-0.15, -0.1) is 0 Å². The number of anilines is 1. The largest absolute Gasteiger partial charge is 0.496 e. The van der Waals surface area contributed by atoms with Crippen molar-refractivity contribution in [2.75, 3.05) is 26.5 Å². The summed E-state index contributed by atoms with van der Waals surface area (Å²) >= 11 is 0. The van der Waals surface area contributed by atoms with E-state index in [1.165, 1.54) is 33.3 Å². The van der Waals surface area contributed by atoms with Crippen LogP contribution in [0.4, 0.5) is 5.69 Å². The third kappa shape index (κ3) is 6.68. The van der Waals surface area contributed by atoms with Gasteiger partial charge in [0.1, 0.15) is 5.75 Å². The van der Waals surface area contributed by atoms with Crippen molar-refractivity contribution in [1.82, 2.24) is 9.62 Å². The van der Waals surface area contributed by atoms with Crippen LogP contribution in [-0.2, 0) is 27.8 Å². The Labute approximate surface area is 206 Å². The number of sulfonamides is 1. The third-order valence-corrected chi connectivity index (χ3v) is 7.20. The number of carbonyl (C=O) groups excluding carboxylic acids is 2. The predicted octanol–water partition coefficient (Wildman–Crippen LogP) is 3.45. The Bertz CT molecular complexity index is 1290. The zero-order valence-corrected chi connectivity index (χ0v) is 20.8. The van der Waals surface area contributed by atoms with Crippen molar-refractivity contribution < 1.29 is 22.7 Å². The molecule has 35 heavy (non-hydrogen) atoms. The normalized spacial score (nSPS) is 11.2. The van der Waals surface area contributed by atoms with Crippen molar-refractivity contribution in [3.63, 3.8) is 0 Å². The van der Waals surface area contributed by atoms with E-state index in [2.05, 4.69) is 10.6 Å². The molecule has 0 unspecified atom stereocenters. The van der Waals surface area contributed by atoms with Gasteiger partial charge in [0.2, 0.25) is 15.9 Å². The second kappa shape index (κ2) is 11.6. The van der Waals surface area contributed by atoms with Gasteiger partial charge >= 0.3 is 0 Å². The first-order valence-electron chi connectivity index (χ1n) is 11.0. The Kier molecular flexibility index (Phi) is 8.62. The summed E-state index contributed by atoms with van der Waals surface area (Å²) in [5.41, 5.74) is 2.32. The monoisotopic (exact) mass is 495 g/mol. The molecule has 3 rings (SSSR count). The maximum atomic E-state index is 12.7. The van der Waals surface area contributed by atoms with Crippen LogP contribution in [0.3, 0.4) is 0 Å². The van der Waals surface area contributed by atoms with Crippen molar-refractivity contribution in [3.05, 3.63) is 89.5 Å². The molecule has 8 nitrogen and oxygen atoms in total. The van der Waals surface area contributed by atoms with Crippen molar-refractivity contribution >= 4 is 27.5 Å². The van der Waals surface area contributed by atoms with Gasteiger partial charge in [0, 0.05) is 27.1 Å². The molecule has 0 atom stereocenters. The number of benzene rings is 3. The zero-order valence-electron chi connectivity index (χ0n) is 19.9. The van der Waals surface area contributed by atoms with Gasteiger partial charge in [0.15, 0.2) is 0 Å². The highest BCUT2D eigenvalue weighted by Crippen LogP contribution is 2.25. The first-order chi connectivity index (χ1) is 16.7. The minimum atomic E-state index is -3.62. The molecule has 0 fully saturated rings. The van der Waals surface area contributed by atoms with E-state index >= 15 is 0 Å². The van der Waals surface area contributed by atoms with Crippen molar-refractivity contribution in [2.45, 2.75) is 24.3 Å². The van der Waals surface area contributed by atoms with Gasteiger partial charge in [-0.1, -0.05) is 42.5 Å². The quantitative estimate of drug-likeness (QED) is 0.448. The van der Waals surface area contributed by atoms with Gasteiger partial charge in [-0.3, -0.25) is 9.59 Å². The summed E-state index contributed by atoms with van der Waals surface area (Å²) < 4.78 is 31.4. The number of carbonyl (C=O) groups is 2. The summed E-state index contributed by atoms with van der Waals surface area (Å²) in [5, 5.41) is 5.66. The Hall–Kier alpha value is -3.69. The molecule has 0 heterocycles. The Balaban J connectivity index is 1.68. The van der Waals surface area contributed by atoms with Crippen molar-refractivity contribution in [2.24, 2.45) is 0 Å². The number of aryl methyl sites for hydroxylation is 1. The number of nitrogens with zero attached hydrogens (tertiary/aromatic N) is 1. The maximum Gasteiger partial charge on any atom is 0.253 e. The number of hydrogen-bond acceptors (Lipinski definition) is 5. The van der Waals surface area contributed by atoms with Crippen LogP contribution < -0.4 is 15.4 Å². The van der Waals surface area contributed by atoms with E-state index in [-0.39, 0.29) is 29.6 Å². The van der Waals surface area contributed by atoms with Crippen LogP contribution in [0.5, 0.6) is 5.75 Å². The van der Waals surface area contributed by atoms with Crippen LogP contribution in [-0.4, -0.2) is 45.7 Å². The fourth-order valence-electron chi connectivity index (χ4n) is 3.45. The summed E-state index contributed by atoms with van der Waals surface area (Å²) in [6, 6.07) is 20.9. The molecule has 0 saturated carbocycles. The summed E-state index contributed by atoms with van der Waals surface area (Å²) in [6.45, 7) is 0.369. The summed E-state index contributed by atoms with van der Waals surface area (Å²) in [7, 11) is 0.787. The number of ether oxygens (including phenoxy) is 1. The fourth-order valence-corrected chi connectivity index (χ4v) is 4.40. The molecule has 2 N–H and O–H groups in total. The van der Waals surface area contributed by atoms with E-state index in [0.717, 1.165) is 9.87 Å². The molecule has 184 valence electrons. The van der Waals surface area contributed by atoms with Gasteiger partial charge in [-0.25, -0.2) is 12.7 Å². The molecule has 3 aromatic carbocycles. The van der Waals surface area contributed by atoms with E-state index in [1.807, 2.05) is 30.3 Å². The first kappa shape index (κ1) is 25.9. The lowest BCUT2D eigenvalue weighted by atomic mass is 10.1. The van der Waals surface area contributed by atoms with E-state index in [0.29, 0.717) is 29.1 Å². The Morgan fingerprint density at radius 2 is 1.63 bits per heavy atom. The average Bonchev–Trinajstić information content (AvgIpc) is 2.86. The zero-order chi connectivity index (χ0) is 25.4. The standard InChI is InChI=1S/C26H29N3O5S/c1-29(2)35(32,33)21-14-15-24(34-3)20(17-21)13-16-25(30)28-23-12-8-7-11-22(23)26(31)27-18-19-9-5-4-6-10-19/h4-12,14-15,17H,13,16,18H2,1-3H3,(H,27,31)(H,28,30). The topological polar surface area (TPSA) is 105 Å². The highest BCUT2D eigenvalue weighted by atomic mass is 32.2. The minimum Gasteiger partial charge on any atom is -0.496 e. The molecule has 0 aromatic heterocycles. The van der Waals surface area contributed by atoms with Gasteiger partial charge in [-0.2, -0.15) is 0 Å². The SMILES string of the molecule is COc1ccc(S(=O)(=O)N(C)C)cc1CCC(=O)Nc1ccccc1C(=O)NCc1ccccc1. The van der Waals surface area contributed by atoms with E-state index in [9.17, 15) is 18.0 Å². The van der Waals surface area contributed by atoms with Crippen LogP contribution in [0.1, 0.15) is 27.9 Å². The molecule has 0 aliphatic heterocycles. The lowest BCUT2D eigenvalue weighted by Crippen LogP contribution is -2.25. The van der Waals surface area contributed by atoms with Crippen LogP contribution in [0.15, 0.2) is 77.7 Å². The van der Waals surface area contributed by atoms with Crippen LogP contribution in [0.25, 0.3) is 0 Å². The molecule has 0 aliphatic rings. The van der Waals surface area contributed by atoms with E-state index in [4.69, 9.17) is 4.74 Å². The minimum absolute atomic E-state index is 0.0712. The second-order valence-corrected chi connectivity index (χ2v) is 10.2. The van der Waals surface area contributed by atoms with E-state index < -0.39 is 10.0 Å². The van der Waals surface area contributed by atoms with Gasteiger partial charge in [0.25, 0.3) is 5.91 Å². The molecule has 0 spiro atoms. The number of rotatable bonds is 10. The van der Waals surface area contributed by atoms with Gasteiger partial charge in [0.05, 0.1) is 23.3 Å². The summed E-state index contributed by atoms with van der Waals surface area (Å²) in [5.74, 6) is -0.111. The summed E-state index contributed by atoms with van der Waals surface area (Å²) in [4.78, 5) is 25.6. The highest BCUT2D eigenvalue weighted by Gasteiger charge is 2.20. The third-order valence-electron chi connectivity index (χ3n) is 5.39. The molecular weight excluding hydrogens is 466 g/mol. The van der Waals surface area contributed by atoms with Gasteiger partial charge in [-0.05, 0) is 47.9 Å². The Morgan fingerprint density at radius 3 is 2.31 bits per heavy atom. The molecule has 0 bridgehead atoms.